The van der Waals surface area contributed by atoms with Crippen LogP contribution in [0.5, 0.6) is 5.75 Å². The molecule has 0 aliphatic rings. The quantitative estimate of drug-likeness (QED) is 0.875. The molecule has 0 saturated heterocycles. The van der Waals surface area contributed by atoms with Gasteiger partial charge >= 0.3 is 0 Å². The standard InChI is InChI=1S/C10H10BrN5O2/c1-18-6-2-3-8(11)7(4-6)10(17)12-5-9-13-15-16-14-9/h2-4H,5H2,1H3,(H,12,17)(H,13,14,15,16). The predicted octanol–water partition coefficient (Wildman–Crippen LogP) is 0.901. The summed E-state index contributed by atoms with van der Waals surface area (Å²) in [6.07, 6.45) is 0. The molecule has 0 fully saturated rings. The molecule has 18 heavy (non-hydrogen) atoms. The molecule has 0 aliphatic heterocycles. The van der Waals surface area contributed by atoms with E-state index in [0.717, 1.165) is 0 Å². The number of nitrogens with zero attached hydrogens (tertiary/aromatic N) is 3. The largest absolute Gasteiger partial charge is 0.497 e. The van der Waals surface area contributed by atoms with Crippen molar-refractivity contribution in [3.05, 3.63) is 34.1 Å². The van der Waals surface area contributed by atoms with Gasteiger partial charge in [-0.15, -0.1) is 10.2 Å². The van der Waals surface area contributed by atoms with Gasteiger partial charge in [-0.2, -0.15) is 5.21 Å². The number of amides is 1. The van der Waals surface area contributed by atoms with E-state index in [-0.39, 0.29) is 12.5 Å². The van der Waals surface area contributed by atoms with Gasteiger partial charge in [-0.05, 0) is 34.1 Å². The van der Waals surface area contributed by atoms with E-state index in [4.69, 9.17) is 4.74 Å². The minimum absolute atomic E-state index is 0.207. The van der Waals surface area contributed by atoms with Crippen molar-refractivity contribution >= 4 is 21.8 Å². The molecule has 7 nitrogen and oxygen atoms in total. The van der Waals surface area contributed by atoms with Gasteiger partial charge in [-0.3, -0.25) is 4.79 Å². The van der Waals surface area contributed by atoms with Crippen molar-refractivity contribution in [1.29, 1.82) is 0 Å². The van der Waals surface area contributed by atoms with Crippen molar-refractivity contribution in [2.45, 2.75) is 6.54 Å². The van der Waals surface area contributed by atoms with Crippen molar-refractivity contribution in [2.75, 3.05) is 7.11 Å². The summed E-state index contributed by atoms with van der Waals surface area (Å²) < 4.78 is 5.76. The number of H-pyrrole nitrogens is 1. The second-order valence-corrected chi connectivity index (χ2v) is 4.21. The Bertz CT molecular complexity index is 543. The van der Waals surface area contributed by atoms with Crippen LogP contribution in [0.25, 0.3) is 0 Å². The number of rotatable bonds is 4. The summed E-state index contributed by atoms with van der Waals surface area (Å²) in [5, 5.41) is 15.9. The average molecular weight is 312 g/mol. The number of ether oxygens (including phenoxy) is 1. The van der Waals surface area contributed by atoms with Crippen LogP contribution in [0.2, 0.25) is 0 Å². The number of tetrazole rings is 1. The van der Waals surface area contributed by atoms with Crippen LogP contribution in [0.3, 0.4) is 0 Å². The first-order chi connectivity index (χ1) is 8.70. The molecule has 2 rings (SSSR count). The number of halogens is 1. The summed E-state index contributed by atoms with van der Waals surface area (Å²) in [5.41, 5.74) is 0.484. The molecule has 0 bridgehead atoms. The van der Waals surface area contributed by atoms with Gasteiger partial charge < -0.3 is 10.1 Å². The highest BCUT2D eigenvalue weighted by molar-refractivity contribution is 9.10. The van der Waals surface area contributed by atoms with E-state index in [1.807, 2.05) is 0 Å². The first-order valence-electron chi connectivity index (χ1n) is 5.05. The Kier molecular flexibility index (Phi) is 3.88. The molecule has 1 heterocycles. The Balaban J connectivity index is 2.08. The van der Waals surface area contributed by atoms with Crippen LogP contribution < -0.4 is 10.1 Å². The number of aromatic amines is 1. The lowest BCUT2D eigenvalue weighted by Gasteiger charge is -2.07. The fourth-order valence-corrected chi connectivity index (χ4v) is 1.74. The molecule has 1 aromatic carbocycles. The molecule has 1 amide bonds. The van der Waals surface area contributed by atoms with Crippen LogP contribution in [0.1, 0.15) is 16.2 Å². The summed E-state index contributed by atoms with van der Waals surface area (Å²) in [6, 6.07) is 5.16. The number of aromatic nitrogens is 4. The van der Waals surface area contributed by atoms with Crippen molar-refractivity contribution in [1.82, 2.24) is 25.9 Å². The van der Waals surface area contributed by atoms with E-state index in [9.17, 15) is 4.79 Å². The zero-order valence-corrected chi connectivity index (χ0v) is 11.1. The second-order valence-electron chi connectivity index (χ2n) is 3.36. The van der Waals surface area contributed by atoms with Gasteiger partial charge in [0.1, 0.15) is 5.75 Å². The van der Waals surface area contributed by atoms with Crippen LogP contribution >= 0.6 is 15.9 Å². The Labute approximate surface area is 111 Å². The van der Waals surface area contributed by atoms with Crippen molar-refractivity contribution in [3.8, 4) is 5.75 Å². The van der Waals surface area contributed by atoms with Crippen LogP contribution in [0.4, 0.5) is 0 Å². The summed E-state index contributed by atoms with van der Waals surface area (Å²) in [7, 11) is 1.55. The van der Waals surface area contributed by atoms with Gasteiger partial charge in [0, 0.05) is 4.47 Å². The molecule has 2 aromatic rings. The van der Waals surface area contributed by atoms with E-state index in [2.05, 4.69) is 41.9 Å². The van der Waals surface area contributed by atoms with Crippen molar-refractivity contribution in [3.63, 3.8) is 0 Å². The number of carbonyl (C=O) groups is 1. The van der Waals surface area contributed by atoms with Crippen LogP contribution in [0.15, 0.2) is 22.7 Å². The molecular weight excluding hydrogens is 302 g/mol. The lowest BCUT2D eigenvalue weighted by Crippen LogP contribution is -2.23. The molecule has 0 aliphatic carbocycles. The first kappa shape index (κ1) is 12.5. The fraction of sp³-hybridized carbons (Fsp3) is 0.200. The van der Waals surface area contributed by atoms with Crippen LogP contribution in [0, 0.1) is 0 Å². The minimum atomic E-state index is -0.245. The van der Waals surface area contributed by atoms with Crippen LogP contribution in [-0.4, -0.2) is 33.6 Å². The lowest BCUT2D eigenvalue weighted by atomic mass is 10.2. The van der Waals surface area contributed by atoms with E-state index in [0.29, 0.717) is 21.6 Å². The monoisotopic (exact) mass is 311 g/mol. The first-order valence-corrected chi connectivity index (χ1v) is 5.84. The highest BCUT2D eigenvalue weighted by atomic mass is 79.9. The van der Waals surface area contributed by atoms with Gasteiger partial charge in [-0.25, -0.2) is 0 Å². The zero-order chi connectivity index (χ0) is 13.0. The number of benzene rings is 1. The fourth-order valence-electron chi connectivity index (χ4n) is 1.32. The molecule has 0 atom stereocenters. The van der Waals surface area contributed by atoms with Gasteiger partial charge in [0.2, 0.25) is 0 Å². The summed E-state index contributed by atoms with van der Waals surface area (Å²) in [6.45, 7) is 0.207. The number of hydrogen-bond donors (Lipinski definition) is 2. The summed E-state index contributed by atoms with van der Waals surface area (Å²) in [4.78, 5) is 11.9. The number of carbonyl (C=O) groups excluding carboxylic acids is 1. The molecule has 8 heteroatoms. The van der Waals surface area contributed by atoms with Crippen molar-refractivity contribution in [2.24, 2.45) is 0 Å². The van der Waals surface area contributed by atoms with E-state index in [1.54, 1.807) is 25.3 Å². The molecule has 0 radical (unpaired) electrons. The van der Waals surface area contributed by atoms with Crippen molar-refractivity contribution < 1.29 is 9.53 Å². The third-order valence-electron chi connectivity index (χ3n) is 2.21. The maximum Gasteiger partial charge on any atom is 0.252 e. The third kappa shape index (κ3) is 2.83. The maximum atomic E-state index is 11.9. The van der Waals surface area contributed by atoms with Gasteiger partial charge in [0.25, 0.3) is 5.91 Å². The molecule has 2 N–H and O–H groups in total. The molecule has 1 aromatic heterocycles. The Morgan fingerprint density at radius 1 is 1.56 bits per heavy atom. The second kappa shape index (κ2) is 5.58. The number of nitrogens with one attached hydrogen (secondary N) is 2. The zero-order valence-electron chi connectivity index (χ0n) is 9.48. The minimum Gasteiger partial charge on any atom is -0.497 e. The normalized spacial score (nSPS) is 10.1. The Morgan fingerprint density at radius 3 is 3.06 bits per heavy atom. The number of methoxy groups -OCH3 is 1. The molecule has 94 valence electrons. The van der Waals surface area contributed by atoms with Gasteiger partial charge in [0.05, 0.1) is 19.2 Å². The highest BCUT2D eigenvalue weighted by Crippen LogP contribution is 2.22. The summed E-state index contributed by atoms with van der Waals surface area (Å²) >= 11 is 3.31. The average Bonchev–Trinajstić information content (AvgIpc) is 2.89. The maximum absolute atomic E-state index is 11.9. The summed E-state index contributed by atoms with van der Waals surface area (Å²) in [5.74, 6) is 0.788. The topological polar surface area (TPSA) is 92.8 Å². The molecular formula is C10H10BrN5O2. The molecule has 0 unspecified atom stereocenters. The highest BCUT2D eigenvalue weighted by Gasteiger charge is 2.11. The van der Waals surface area contributed by atoms with E-state index < -0.39 is 0 Å². The lowest BCUT2D eigenvalue weighted by molar-refractivity contribution is 0.0949. The number of hydrogen-bond acceptors (Lipinski definition) is 5. The Hall–Kier alpha value is -1.96. The third-order valence-corrected chi connectivity index (χ3v) is 2.91. The van der Waals surface area contributed by atoms with Crippen LogP contribution in [-0.2, 0) is 6.54 Å². The SMILES string of the molecule is COc1ccc(Br)c(C(=O)NCc2nn[nH]n2)c1. The van der Waals surface area contributed by atoms with Gasteiger partial charge in [0.15, 0.2) is 5.82 Å². The van der Waals surface area contributed by atoms with E-state index >= 15 is 0 Å². The van der Waals surface area contributed by atoms with E-state index in [1.165, 1.54) is 0 Å². The molecule has 0 saturated carbocycles. The molecule has 0 spiro atoms. The predicted molar refractivity (Wildman–Crippen MR) is 66.0 cm³/mol. The van der Waals surface area contributed by atoms with Gasteiger partial charge in [-0.1, -0.05) is 5.21 Å². The Morgan fingerprint density at radius 2 is 2.39 bits per heavy atom. The smallest absolute Gasteiger partial charge is 0.252 e.